The molecule has 0 saturated carbocycles. The van der Waals surface area contributed by atoms with Crippen LogP contribution in [0.4, 0.5) is 5.69 Å². The van der Waals surface area contributed by atoms with Crippen LogP contribution in [0.5, 0.6) is 0 Å². The first-order valence-corrected chi connectivity index (χ1v) is 7.16. The molecule has 0 heterocycles. The smallest absolute Gasteiger partial charge is 0.242 e. The minimum absolute atomic E-state index is 0.0345. The summed E-state index contributed by atoms with van der Waals surface area (Å²) in [5.41, 5.74) is 0.995. The monoisotopic (exact) mass is 270 g/mol. The number of rotatable bonds is 5. The Labute approximate surface area is 120 Å². The minimum Gasteiger partial charge on any atom is -0.373 e. The zero-order valence-corrected chi connectivity index (χ0v) is 12.3. The summed E-state index contributed by atoms with van der Waals surface area (Å²) in [6, 6.07) is 14.2. The Morgan fingerprint density at radius 3 is 2.55 bits per heavy atom. The largest absolute Gasteiger partial charge is 0.373 e. The molecule has 2 unspecified atom stereocenters. The molecule has 20 heavy (non-hydrogen) atoms. The van der Waals surface area contributed by atoms with Crippen molar-refractivity contribution in [1.82, 2.24) is 5.32 Å². The van der Waals surface area contributed by atoms with Crippen LogP contribution in [0, 0.1) is 0 Å². The van der Waals surface area contributed by atoms with Crippen LogP contribution in [0.25, 0.3) is 10.8 Å². The van der Waals surface area contributed by atoms with Crippen LogP contribution in [0.3, 0.4) is 0 Å². The number of carbonyl (C=O) groups is 1. The molecule has 0 fully saturated rings. The van der Waals surface area contributed by atoms with Gasteiger partial charge in [-0.25, -0.2) is 0 Å². The molecule has 1 amide bonds. The number of amides is 1. The lowest BCUT2D eigenvalue weighted by molar-refractivity contribution is -0.122. The lowest BCUT2D eigenvalue weighted by Crippen LogP contribution is -2.41. The van der Waals surface area contributed by atoms with E-state index in [4.69, 9.17) is 0 Å². The summed E-state index contributed by atoms with van der Waals surface area (Å²) in [5, 5.41) is 8.61. The Hall–Kier alpha value is -2.03. The van der Waals surface area contributed by atoms with E-state index >= 15 is 0 Å². The van der Waals surface area contributed by atoms with E-state index in [9.17, 15) is 4.79 Å². The summed E-state index contributed by atoms with van der Waals surface area (Å²) in [7, 11) is 0. The van der Waals surface area contributed by atoms with Crippen molar-refractivity contribution >= 4 is 22.4 Å². The van der Waals surface area contributed by atoms with Crippen molar-refractivity contribution in [2.24, 2.45) is 0 Å². The summed E-state index contributed by atoms with van der Waals surface area (Å²) < 4.78 is 0. The molecular formula is C17H22N2O. The van der Waals surface area contributed by atoms with Gasteiger partial charge in [0, 0.05) is 17.1 Å². The fraction of sp³-hybridized carbons (Fsp3) is 0.353. The molecule has 2 aromatic carbocycles. The molecule has 0 aliphatic heterocycles. The van der Waals surface area contributed by atoms with Gasteiger partial charge in [0.2, 0.25) is 5.91 Å². The highest BCUT2D eigenvalue weighted by molar-refractivity contribution is 5.95. The highest BCUT2D eigenvalue weighted by Crippen LogP contribution is 2.23. The Bertz CT molecular complexity index is 589. The number of hydrogen-bond acceptors (Lipinski definition) is 2. The molecule has 0 saturated heterocycles. The predicted octanol–water partition coefficient (Wildman–Crippen LogP) is 3.55. The normalized spacial score (nSPS) is 13.8. The summed E-state index contributed by atoms with van der Waals surface area (Å²) in [4.78, 5) is 12.1. The van der Waals surface area contributed by atoms with Crippen molar-refractivity contribution in [2.75, 3.05) is 5.32 Å². The van der Waals surface area contributed by atoms with E-state index in [1.807, 2.05) is 38.1 Å². The van der Waals surface area contributed by atoms with E-state index in [1.54, 1.807) is 0 Å². The highest BCUT2D eigenvalue weighted by Gasteiger charge is 2.14. The molecule has 0 spiro atoms. The number of anilines is 1. The van der Waals surface area contributed by atoms with E-state index < -0.39 is 0 Å². The van der Waals surface area contributed by atoms with Gasteiger partial charge in [0.25, 0.3) is 0 Å². The number of nitrogens with one attached hydrogen (secondary N) is 2. The van der Waals surface area contributed by atoms with Crippen LogP contribution >= 0.6 is 0 Å². The van der Waals surface area contributed by atoms with E-state index in [0.717, 1.165) is 17.5 Å². The molecule has 0 aliphatic carbocycles. The van der Waals surface area contributed by atoms with Gasteiger partial charge in [-0.15, -0.1) is 0 Å². The summed E-state index contributed by atoms with van der Waals surface area (Å²) in [6.45, 7) is 5.97. The van der Waals surface area contributed by atoms with Gasteiger partial charge in [0.05, 0.1) is 0 Å². The maximum Gasteiger partial charge on any atom is 0.242 e. The lowest BCUT2D eigenvalue weighted by Gasteiger charge is -2.19. The Balaban J connectivity index is 2.14. The van der Waals surface area contributed by atoms with Crippen LogP contribution in [0.1, 0.15) is 27.2 Å². The van der Waals surface area contributed by atoms with Crippen molar-refractivity contribution in [3.05, 3.63) is 42.5 Å². The number of fused-ring (bicyclic) bond motifs is 1. The molecule has 2 N–H and O–H groups in total. The Morgan fingerprint density at radius 2 is 1.80 bits per heavy atom. The predicted molar refractivity (Wildman–Crippen MR) is 84.9 cm³/mol. The van der Waals surface area contributed by atoms with Gasteiger partial charge in [-0.05, 0) is 31.7 Å². The quantitative estimate of drug-likeness (QED) is 0.872. The van der Waals surface area contributed by atoms with Crippen molar-refractivity contribution in [3.8, 4) is 0 Å². The van der Waals surface area contributed by atoms with E-state index in [0.29, 0.717) is 0 Å². The van der Waals surface area contributed by atoms with Crippen molar-refractivity contribution in [2.45, 2.75) is 39.3 Å². The van der Waals surface area contributed by atoms with Gasteiger partial charge in [0.15, 0.2) is 0 Å². The molecule has 2 rings (SSSR count). The van der Waals surface area contributed by atoms with Gasteiger partial charge in [0.1, 0.15) is 6.04 Å². The summed E-state index contributed by atoms with van der Waals surface area (Å²) >= 11 is 0. The first kappa shape index (κ1) is 14.4. The van der Waals surface area contributed by atoms with Crippen molar-refractivity contribution in [3.63, 3.8) is 0 Å². The molecular weight excluding hydrogens is 248 g/mol. The molecule has 106 valence electrons. The average Bonchev–Trinajstić information content (AvgIpc) is 2.47. The van der Waals surface area contributed by atoms with Crippen LogP contribution in [-0.4, -0.2) is 18.0 Å². The van der Waals surface area contributed by atoms with Gasteiger partial charge >= 0.3 is 0 Å². The molecule has 3 heteroatoms. The van der Waals surface area contributed by atoms with Crippen LogP contribution in [0.2, 0.25) is 0 Å². The third-order valence-corrected chi connectivity index (χ3v) is 3.56. The zero-order chi connectivity index (χ0) is 14.5. The molecule has 0 aliphatic rings. The van der Waals surface area contributed by atoms with E-state index in [2.05, 4.69) is 35.8 Å². The lowest BCUT2D eigenvalue weighted by atomic mass is 10.1. The molecule has 3 nitrogen and oxygen atoms in total. The van der Waals surface area contributed by atoms with E-state index in [-0.39, 0.29) is 18.0 Å². The van der Waals surface area contributed by atoms with Gasteiger partial charge < -0.3 is 10.6 Å². The third-order valence-electron chi connectivity index (χ3n) is 3.56. The van der Waals surface area contributed by atoms with E-state index in [1.165, 1.54) is 5.39 Å². The van der Waals surface area contributed by atoms with Gasteiger partial charge in [-0.1, -0.05) is 43.3 Å². The highest BCUT2D eigenvalue weighted by atomic mass is 16.2. The van der Waals surface area contributed by atoms with Crippen molar-refractivity contribution in [1.29, 1.82) is 0 Å². The number of hydrogen-bond donors (Lipinski definition) is 2. The van der Waals surface area contributed by atoms with Crippen LogP contribution in [0.15, 0.2) is 42.5 Å². The second kappa shape index (κ2) is 6.42. The third kappa shape index (κ3) is 3.29. The molecule has 2 aromatic rings. The molecule has 0 radical (unpaired) electrons. The first-order valence-electron chi connectivity index (χ1n) is 7.16. The molecule has 0 aromatic heterocycles. The van der Waals surface area contributed by atoms with Crippen molar-refractivity contribution < 1.29 is 4.79 Å². The topological polar surface area (TPSA) is 41.1 Å². The summed E-state index contributed by atoms with van der Waals surface area (Å²) in [5.74, 6) is 0.0345. The standard InChI is InChI=1S/C17H22N2O/c1-4-12(2)18-17(20)13(3)19-16-11-7-9-14-8-5-6-10-15(14)16/h5-13,19H,4H2,1-3H3,(H,18,20). The van der Waals surface area contributed by atoms with Gasteiger partial charge in [-0.2, -0.15) is 0 Å². The fourth-order valence-electron chi connectivity index (χ4n) is 2.12. The number of benzene rings is 2. The van der Waals surface area contributed by atoms with Gasteiger partial charge in [-0.3, -0.25) is 4.79 Å². The van der Waals surface area contributed by atoms with Crippen LogP contribution < -0.4 is 10.6 Å². The second-order valence-electron chi connectivity index (χ2n) is 5.21. The maximum atomic E-state index is 12.1. The average molecular weight is 270 g/mol. The summed E-state index contributed by atoms with van der Waals surface area (Å²) in [6.07, 6.45) is 0.937. The Morgan fingerprint density at radius 1 is 1.10 bits per heavy atom. The maximum absolute atomic E-state index is 12.1. The first-order chi connectivity index (χ1) is 9.61. The molecule has 2 atom stereocenters. The minimum atomic E-state index is -0.255. The Kier molecular flexibility index (Phi) is 4.61. The molecule has 0 bridgehead atoms. The fourth-order valence-corrected chi connectivity index (χ4v) is 2.12. The van der Waals surface area contributed by atoms with Crippen LogP contribution in [-0.2, 0) is 4.79 Å². The second-order valence-corrected chi connectivity index (χ2v) is 5.21. The zero-order valence-electron chi connectivity index (χ0n) is 12.3. The SMILES string of the molecule is CCC(C)NC(=O)C(C)Nc1cccc2ccccc12. The number of carbonyl (C=O) groups excluding carboxylic acids is 1.